The Hall–Kier alpha value is -2.89. The Morgan fingerprint density at radius 1 is 0.465 bits per heavy atom. The van der Waals surface area contributed by atoms with Crippen molar-refractivity contribution in [2.24, 2.45) is 0 Å². The molecule has 0 saturated heterocycles. The lowest BCUT2D eigenvalue weighted by Crippen LogP contribution is -2.20. The van der Waals surface area contributed by atoms with E-state index in [-0.39, 0.29) is 24.3 Å². The van der Waals surface area contributed by atoms with Crippen LogP contribution >= 0.6 is 0 Å². The van der Waals surface area contributed by atoms with Gasteiger partial charge in [0.2, 0.25) is 5.75 Å². The minimum absolute atomic E-state index is 0.0442. The molecule has 1 N–H and O–H groups in total. The van der Waals surface area contributed by atoms with E-state index >= 15 is 0 Å². The van der Waals surface area contributed by atoms with Crippen molar-refractivity contribution in [3.05, 3.63) is 41.0 Å². The molecule has 0 bridgehead atoms. The summed E-state index contributed by atoms with van der Waals surface area (Å²) in [6, 6.07) is 8.38. The highest BCUT2D eigenvalue weighted by Gasteiger charge is 2.25. The number of aryl methyl sites for hydroxylation is 1. The molecule has 6 heteroatoms. The maximum absolute atomic E-state index is 12.2. The Labute approximate surface area is 439 Å². The van der Waals surface area contributed by atoms with Gasteiger partial charge in [0.25, 0.3) is 0 Å². The van der Waals surface area contributed by atoms with Gasteiger partial charge in [0, 0.05) is 23.9 Å². The van der Waals surface area contributed by atoms with Crippen LogP contribution in [0.15, 0.2) is 24.3 Å². The number of hydrogen-bond acceptors (Lipinski definition) is 6. The van der Waals surface area contributed by atoms with E-state index in [4.69, 9.17) is 18.9 Å². The lowest BCUT2D eigenvalue weighted by Gasteiger charge is -2.27. The van der Waals surface area contributed by atoms with Gasteiger partial charge < -0.3 is 24.3 Å². The highest BCUT2D eigenvalue weighted by Crippen LogP contribution is 2.45. The quantitative estimate of drug-likeness (QED) is 0.0405. The minimum Gasteiger partial charge on any atom is -0.487 e. The third kappa shape index (κ3) is 29.6. The van der Waals surface area contributed by atoms with Gasteiger partial charge in [-0.05, 0) is 95.9 Å². The summed E-state index contributed by atoms with van der Waals surface area (Å²) in [6.07, 6.45) is 53.0. The van der Waals surface area contributed by atoms with Gasteiger partial charge in [0.1, 0.15) is 5.75 Å². The molecule has 2 aromatic rings. The maximum Gasteiger partial charge on any atom is 0.311 e. The second-order valence-corrected chi connectivity index (χ2v) is 22.3. The van der Waals surface area contributed by atoms with Gasteiger partial charge in [0.15, 0.2) is 11.5 Å². The summed E-state index contributed by atoms with van der Waals surface area (Å²) < 4.78 is 26.8. The van der Waals surface area contributed by atoms with E-state index in [0.29, 0.717) is 18.7 Å². The third-order valence-corrected chi connectivity index (χ3v) is 15.3. The summed E-state index contributed by atoms with van der Waals surface area (Å²) in [4.78, 5) is 12.2. The predicted molar refractivity (Wildman–Crippen MR) is 306 cm³/mol. The molecular weight excluding hydrogens is 875 g/mol. The third-order valence-electron chi connectivity index (χ3n) is 15.3. The van der Waals surface area contributed by atoms with Crippen LogP contribution in [0.25, 0.3) is 0 Å². The number of esters is 1. The molecule has 0 radical (unpaired) electrons. The zero-order valence-corrected chi connectivity index (χ0v) is 47.8. The van der Waals surface area contributed by atoms with Crippen molar-refractivity contribution in [2.75, 3.05) is 5.32 Å². The first-order valence-electron chi connectivity index (χ1n) is 31.0. The SMILES string of the molecule is CCCCCCCCCCCCCCC(C)Oc1cc(CNc2ccc3c(c2)OC(=O)CC3)c(C)c(OC(C)CCCCCCCCCCCCCC)c1OC(C)CCCCCCCCCCCCCC. The van der Waals surface area contributed by atoms with E-state index in [1.54, 1.807) is 0 Å². The normalized spacial score (nSPS) is 13.7. The Morgan fingerprint density at radius 3 is 1.24 bits per heavy atom. The monoisotopic (exact) mass is 988 g/mol. The van der Waals surface area contributed by atoms with Crippen molar-refractivity contribution >= 4 is 11.7 Å². The molecule has 0 aromatic heterocycles. The van der Waals surface area contributed by atoms with Gasteiger partial charge in [-0.1, -0.05) is 239 Å². The van der Waals surface area contributed by atoms with Gasteiger partial charge in [-0.25, -0.2) is 0 Å². The molecule has 1 aliphatic heterocycles. The zero-order valence-electron chi connectivity index (χ0n) is 47.8. The van der Waals surface area contributed by atoms with Crippen molar-refractivity contribution in [3.63, 3.8) is 0 Å². The number of fused-ring (bicyclic) bond motifs is 1. The van der Waals surface area contributed by atoms with Crippen LogP contribution < -0.4 is 24.3 Å². The Bertz CT molecular complexity index is 1610. The molecule has 0 saturated carbocycles. The first-order chi connectivity index (χ1) is 34.7. The van der Waals surface area contributed by atoms with Crippen LogP contribution in [0.5, 0.6) is 23.0 Å². The molecule has 3 rings (SSSR count). The highest BCUT2D eigenvalue weighted by molar-refractivity contribution is 5.76. The molecule has 0 amide bonds. The van der Waals surface area contributed by atoms with Crippen LogP contribution in [0.1, 0.15) is 315 Å². The number of nitrogens with one attached hydrogen (secondary N) is 1. The van der Waals surface area contributed by atoms with Crippen LogP contribution in [-0.4, -0.2) is 24.3 Å². The van der Waals surface area contributed by atoms with Crippen molar-refractivity contribution in [2.45, 2.75) is 337 Å². The van der Waals surface area contributed by atoms with E-state index < -0.39 is 0 Å². The molecule has 0 spiro atoms. The molecule has 3 atom stereocenters. The lowest BCUT2D eigenvalue weighted by molar-refractivity contribution is -0.135. The van der Waals surface area contributed by atoms with Crippen LogP contribution in [0.3, 0.4) is 0 Å². The smallest absolute Gasteiger partial charge is 0.311 e. The summed E-state index contributed by atoms with van der Waals surface area (Å²) in [5.41, 5.74) is 4.23. The van der Waals surface area contributed by atoms with E-state index in [9.17, 15) is 4.79 Å². The molecule has 6 nitrogen and oxygen atoms in total. The van der Waals surface area contributed by atoms with E-state index in [2.05, 4.69) is 72.0 Å². The van der Waals surface area contributed by atoms with Gasteiger partial charge >= 0.3 is 5.97 Å². The molecule has 1 aliphatic rings. The number of hydrogen-bond donors (Lipinski definition) is 1. The lowest BCUT2D eigenvalue weighted by atomic mass is 10.0. The average molecular weight is 989 g/mol. The summed E-state index contributed by atoms with van der Waals surface area (Å²) in [7, 11) is 0. The van der Waals surface area contributed by atoms with Crippen LogP contribution in [0, 0.1) is 6.92 Å². The van der Waals surface area contributed by atoms with Crippen molar-refractivity contribution in [1.82, 2.24) is 0 Å². The van der Waals surface area contributed by atoms with Crippen molar-refractivity contribution in [1.29, 1.82) is 0 Å². The summed E-state index contributed by atoms with van der Waals surface area (Å²) in [6.45, 7) is 16.4. The van der Waals surface area contributed by atoms with E-state index in [1.807, 2.05) is 6.07 Å². The van der Waals surface area contributed by atoms with Crippen LogP contribution in [0.2, 0.25) is 0 Å². The second-order valence-electron chi connectivity index (χ2n) is 22.3. The van der Waals surface area contributed by atoms with E-state index in [1.165, 1.54) is 231 Å². The number of carbonyl (C=O) groups excluding carboxylic acids is 1. The number of carbonyl (C=O) groups is 1. The number of ether oxygens (including phenoxy) is 4. The fourth-order valence-corrected chi connectivity index (χ4v) is 10.5. The van der Waals surface area contributed by atoms with Crippen LogP contribution in [0.4, 0.5) is 5.69 Å². The average Bonchev–Trinajstić information content (AvgIpc) is 3.36. The first-order valence-corrected chi connectivity index (χ1v) is 31.0. The predicted octanol–water partition coefficient (Wildman–Crippen LogP) is 21.0. The van der Waals surface area contributed by atoms with Crippen LogP contribution in [-0.2, 0) is 17.8 Å². The van der Waals surface area contributed by atoms with Crippen molar-refractivity contribution in [3.8, 4) is 23.0 Å². The number of unbranched alkanes of at least 4 members (excludes halogenated alkanes) is 33. The fourth-order valence-electron chi connectivity index (χ4n) is 10.5. The molecule has 0 fully saturated rings. The summed E-state index contributed by atoms with van der Waals surface area (Å²) >= 11 is 0. The fraction of sp³-hybridized carbons (Fsp3) is 0.800. The topological polar surface area (TPSA) is 66.0 Å². The molecule has 3 unspecified atom stereocenters. The van der Waals surface area contributed by atoms with Gasteiger partial charge in [-0.2, -0.15) is 0 Å². The molecule has 408 valence electrons. The molecular formula is C65H113NO5. The van der Waals surface area contributed by atoms with Gasteiger partial charge in [-0.15, -0.1) is 0 Å². The summed E-state index contributed by atoms with van der Waals surface area (Å²) in [5, 5.41) is 3.67. The number of rotatable bonds is 48. The Morgan fingerprint density at radius 2 is 0.831 bits per heavy atom. The van der Waals surface area contributed by atoms with E-state index in [0.717, 1.165) is 65.3 Å². The van der Waals surface area contributed by atoms with Gasteiger partial charge in [-0.3, -0.25) is 4.79 Å². The molecule has 1 heterocycles. The number of anilines is 1. The number of benzene rings is 2. The zero-order chi connectivity index (χ0) is 51.0. The highest BCUT2D eigenvalue weighted by atomic mass is 16.6. The van der Waals surface area contributed by atoms with Gasteiger partial charge in [0.05, 0.1) is 24.7 Å². The first kappa shape index (κ1) is 62.4. The Balaban J connectivity index is 1.70. The molecule has 2 aromatic carbocycles. The minimum atomic E-state index is -0.159. The largest absolute Gasteiger partial charge is 0.487 e. The van der Waals surface area contributed by atoms with Crippen molar-refractivity contribution < 1.29 is 23.7 Å². The standard InChI is InChI=1S/C65H113NO5/c1-8-11-14-17-20-23-26-29-32-35-38-41-44-54(4)68-62-51-59(53-66-60-49-47-58-48-50-63(67)71-61(58)52-60)57(7)64(69-55(5)45-42-39-36-33-30-27-24-21-18-15-12-9-2)65(62)70-56(6)46-43-40-37-34-31-28-25-22-19-16-13-10-3/h47,49,51-52,54-56,66H,8-46,48,50,53H2,1-7H3. The molecule has 0 aliphatic carbocycles. The molecule has 71 heavy (non-hydrogen) atoms. The maximum atomic E-state index is 12.2. The summed E-state index contributed by atoms with van der Waals surface area (Å²) in [5.74, 6) is 2.92. The Kier molecular flexibility index (Phi) is 36.4. The second kappa shape index (κ2) is 41.5.